The van der Waals surface area contributed by atoms with Crippen molar-refractivity contribution in [3.63, 3.8) is 0 Å². The average Bonchev–Trinajstić information content (AvgIpc) is 3.10. The van der Waals surface area contributed by atoms with Crippen molar-refractivity contribution < 1.29 is 8.42 Å². The summed E-state index contributed by atoms with van der Waals surface area (Å²) in [4.78, 5) is 4.62. The summed E-state index contributed by atoms with van der Waals surface area (Å²) in [5, 5.41) is 1.53. The van der Waals surface area contributed by atoms with Gasteiger partial charge in [0.05, 0.1) is 10.7 Å². The molecule has 0 atom stereocenters. The maximum absolute atomic E-state index is 12.9. The van der Waals surface area contributed by atoms with Crippen molar-refractivity contribution in [2.75, 3.05) is 10.8 Å². The van der Waals surface area contributed by atoms with Gasteiger partial charge in [-0.2, -0.15) is 0 Å². The lowest BCUT2D eigenvalue weighted by Gasteiger charge is -2.22. The molecule has 2 aromatic rings. The SMILES string of the molecule is CCN(c1ccccc1)S(=O)(=O)c1ccc(SC2CCCC2)nc1. The van der Waals surface area contributed by atoms with E-state index in [1.54, 1.807) is 30.0 Å². The normalized spacial score (nSPS) is 15.5. The zero-order valence-corrected chi connectivity index (χ0v) is 15.4. The third-order valence-corrected chi connectivity index (χ3v) is 7.39. The van der Waals surface area contributed by atoms with Crippen LogP contribution in [0.15, 0.2) is 58.6 Å². The second-order valence-corrected chi connectivity index (χ2v) is 9.04. The number of benzene rings is 1. The van der Waals surface area contributed by atoms with Gasteiger partial charge in [0, 0.05) is 18.0 Å². The summed E-state index contributed by atoms with van der Waals surface area (Å²) in [5.74, 6) is 0. The van der Waals surface area contributed by atoms with Crippen molar-refractivity contribution in [2.24, 2.45) is 0 Å². The van der Waals surface area contributed by atoms with Gasteiger partial charge in [-0.15, -0.1) is 11.8 Å². The fourth-order valence-corrected chi connectivity index (χ4v) is 5.57. The van der Waals surface area contributed by atoms with Gasteiger partial charge >= 0.3 is 0 Å². The van der Waals surface area contributed by atoms with Gasteiger partial charge in [0.2, 0.25) is 0 Å². The van der Waals surface area contributed by atoms with Gasteiger partial charge in [0.25, 0.3) is 10.0 Å². The summed E-state index contributed by atoms with van der Waals surface area (Å²) in [6, 6.07) is 12.7. The molecule has 1 heterocycles. The van der Waals surface area contributed by atoms with E-state index in [1.165, 1.54) is 36.2 Å². The Morgan fingerprint density at radius 2 is 1.83 bits per heavy atom. The second kappa shape index (κ2) is 7.57. The van der Waals surface area contributed by atoms with E-state index < -0.39 is 10.0 Å². The molecule has 3 rings (SSSR count). The molecular formula is C18H22N2O2S2. The molecule has 0 spiro atoms. The third kappa shape index (κ3) is 3.75. The highest BCUT2D eigenvalue weighted by Gasteiger charge is 2.24. The van der Waals surface area contributed by atoms with Crippen LogP contribution in [0, 0.1) is 0 Å². The summed E-state index contributed by atoms with van der Waals surface area (Å²) in [7, 11) is -3.59. The Morgan fingerprint density at radius 3 is 2.42 bits per heavy atom. The van der Waals surface area contributed by atoms with Crippen LogP contribution in [-0.2, 0) is 10.0 Å². The van der Waals surface area contributed by atoms with Gasteiger partial charge in [-0.05, 0) is 44.0 Å². The van der Waals surface area contributed by atoms with Gasteiger partial charge in [0.15, 0.2) is 0 Å². The Morgan fingerprint density at radius 1 is 1.12 bits per heavy atom. The van der Waals surface area contributed by atoms with Gasteiger partial charge in [-0.3, -0.25) is 4.31 Å². The highest BCUT2D eigenvalue weighted by molar-refractivity contribution is 7.99. The molecule has 128 valence electrons. The molecule has 0 unspecified atom stereocenters. The predicted molar refractivity (Wildman–Crippen MR) is 99.0 cm³/mol. The summed E-state index contributed by atoms with van der Waals surface area (Å²) < 4.78 is 27.2. The standard InChI is InChI=1S/C18H22N2O2S2/c1-2-20(15-8-4-3-5-9-15)24(21,22)17-12-13-18(19-14-17)23-16-10-6-7-11-16/h3-5,8-9,12-14,16H,2,6-7,10-11H2,1H3. The van der Waals surface area contributed by atoms with Crippen molar-refractivity contribution in [1.82, 2.24) is 4.98 Å². The molecule has 0 amide bonds. The van der Waals surface area contributed by atoms with E-state index in [4.69, 9.17) is 0 Å². The quantitative estimate of drug-likeness (QED) is 0.767. The number of hydrogen-bond acceptors (Lipinski definition) is 4. The number of para-hydroxylation sites is 1. The third-order valence-electron chi connectivity index (χ3n) is 4.22. The Bertz CT molecular complexity index is 755. The lowest BCUT2D eigenvalue weighted by molar-refractivity contribution is 0.591. The van der Waals surface area contributed by atoms with Crippen molar-refractivity contribution in [3.05, 3.63) is 48.7 Å². The molecule has 0 saturated heterocycles. The molecule has 1 aliphatic rings. The van der Waals surface area contributed by atoms with Crippen molar-refractivity contribution >= 4 is 27.5 Å². The van der Waals surface area contributed by atoms with Crippen LogP contribution in [0.5, 0.6) is 0 Å². The second-order valence-electron chi connectivity index (χ2n) is 5.86. The molecule has 4 nitrogen and oxygen atoms in total. The van der Waals surface area contributed by atoms with Crippen LogP contribution in [-0.4, -0.2) is 25.2 Å². The summed E-state index contributed by atoms with van der Waals surface area (Å²) >= 11 is 1.76. The monoisotopic (exact) mass is 362 g/mol. The van der Waals surface area contributed by atoms with E-state index >= 15 is 0 Å². The van der Waals surface area contributed by atoms with Crippen LogP contribution < -0.4 is 4.31 Å². The molecule has 1 aromatic heterocycles. The number of anilines is 1. The smallest absolute Gasteiger partial charge is 0.265 e. The van der Waals surface area contributed by atoms with Gasteiger partial charge in [-0.25, -0.2) is 13.4 Å². The summed E-state index contributed by atoms with van der Waals surface area (Å²) in [5.41, 5.74) is 0.671. The number of aromatic nitrogens is 1. The zero-order chi connectivity index (χ0) is 17.0. The van der Waals surface area contributed by atoms with Crippen molar-refractivity contribution in [2.45, 2.75) is 47.8 Å². The number of pyridine rings is 1. The Balaban J connectivity index is 1.81. The van der Waals surface area contributed by atoms with Crippen LogP contribution >= 0.6 is 11.8 Å². The fourth-order valence-electron chi connectivity index (χ4n) is 2.98. The first-order valence-electron chi connectivity index (χ1n) is 8.32. The van der Waals surface area contributed by atoms with Crippen LogP contribution in [0.2, 0.25) is 0 Å². The molecule has 1 fully saturated rings. The minimum Gasteiger partial charge on any atom is -0.267 e. The van der Waals surface area contributed by atoms with Crippen LogP contribution in [0.4, 0.5) is 5.69 Å². The number of nitrogens with zero attached hydrogens (tertiary/aromatic N) is 2. The van der Waals surface area contributed by atoms with Gasteiger partial charge in [0.1, 0.15) is 4.90 Å². The topological polar surface area (TPSA) is 50.3 Å². The largest absolute Gasteiger partial charge is 0.267 e. The van der Waals surface area contributed by atoms with E-state index in [0.29, 0.717) is 17.5 Å². The van der Waals surface area contributed by atoms with Gasteiger partial charge < -0.3 is 0 Å². The highest BCUT2D eigenvalue weighted by atomic mass is 32.2. The molecule has 6 heteroatoms. The molecule has 24 heavy (non-hydrogen) atoms. The maximum atomic E-state index is 12.9. The minimum atomic E-state index is -3.59. The predicted octanol–water partition coefficient (Wildman–Crippen LogP) is 4.33. The highest BCUT2D eigenvalue weighted by Crippen LogP contribution is 2.34. The molecular weight excluding hydrogens is 340 g/mol. The number of hydrogen-bond donors (Lipinski definition) is 0. The Hall–Kier alpha value is -1.53. The Labute approximate surface area is 148 Å². The lowest BCUT2D eigenvalue weighted by Crippen LogP contribution is -2.30. The van der Waals surface area contributed by atoms with E-state index in [-0.39, 0.29) is 4.90 Å². The summed E-state index contributed by atoms with van der Waals surface area (Å²) in [6.45, 7) is 2.22. The van der Waals surface area contributed by atoms with E-state index in [1.807, 2.05) is 31.2 Å². The van der Waals surface area contributed by atoms with Crippen molar-refractivity contribution in [3.8, 4) is 0 Å². The molecule has 0 N–H and O–H groups in total. The van der Waals surface area contributed by atoms with E-state index in [0.717, 1.165) is 5.03 Å². The molecule has 0 aliphatic heterocycles. The molecule has 0 radical (unpaired) electrons. The molecule has 1 aromatic carbocycles. The number of sulfonamides is 1. The summed E-state index contributed by atoms with van der Waals surface area (Å²) in [6.07, 6.45) is 6.51. The van der Waals surface area contributed by atoms with E-state index in [9.17, 15) is 8.42 Å². The molecule has 1 saturated carbocycles. The first-order valence-corrected chi connectivity index (χ1v) is 10.6. The number of rotatable bonds is 6. The van der Waals surface area contributed by atoms with Crippen molar-refractivity contribution in [1.29, 1.82) is 0 Å². The first kappa shape index (κ1) is 17.3. The minimum absolute atomic E-state index is 0.240. The van der Waals surface area contributed by atoms with Gasteiger partial charge in [-0.1, -0.05) is 31.0 Å². The lowest BCUT2D eigenvalue weighted by atomic mass is 10.3. The Kier molecular flexibility index (Phi) is 5.46. The van der Waals surface area contributed by atoms with E-state index in [2.05, 4.69) is 4.98 Å². The van der Waals surface area contributed by atoms with Crippen LogP contribution in [0.1, 0.15) is 32.6 Å². The zero-order valence-electron chi connectivity index (χ0n) is 13.8. The molecule has 1 aliphatic carbocycles. The van der Waals surface area contributed by atoms with Crippen LogP contribution in [0.25, 0.3) is 0 Å². The fraction of sp³-hybridized carbons (Fsp3) is 0.389. The first-order chi connectivity index (χ1) is 11.6. The number of thioether (sulfide) groups is 1. The van der Waals surface area contributed by atoms with Crippen LogP contribution in [0.3, 0.4) is 0 Å². The maximum Gasteiger partial charge on any atom is 0.265 e. The molecule has 0 bridgehead atoms. The average molecular weight is 363 g/mol.